The van der Waals surface area contributed by atoms with Crippen molar-refractivity contribution in [3.05, 3.63) is 0 Å². The minimum atomic E-state index is 0.0328. The Labute approximate surface area is 105 Å². The molecule has 1 heterocycles. The maximum absolute atomic E-state index is 11.6. The molecule has 17 heavy (non-hydrogen) atoms. The van der Waals surface area contributed by atoms with E-state index in [1.807, 2.05) is 0 Å². The number of rotatable bonds is 5. The van der Waals surface area contributed by atoms with Crippen molar-refractivity contribution in [2.45, 2.75) is 45.1 Å². The standard InChI is InChI=1S/C13H27N3O/c1-4-5-6-9-16-10-7-8-12(11-16)14-13(17)15(2)3/h12H,4-11H2,1-3H3,(H,14,17)/t12-/m1/s1. The number of likely N-dealkylation sites (tertiary alicyclic amines) is 1. The second-order valence-electron chi connectivity index (χ2n) is 5.19. The Kier molecular flexibility index (Phi) is 6.34. The Balaban J connectivity index is 2.26. The van der Waals surface area contributed by atoms with Crippen LogP contribution in [0.15, 0.2) is 0 Å². The lowest BCUT2D eigenvalue weighted by atomic mass is 10.1. The zero-order valence-electron chi connectivity index (χ0n) is 11.5. The summed E-state index contributed by atoms with van der Waals surface area (Å²) >= 11 is 0. The highest BCUT2D eigenvalue weighted by atomic mass is 16.2. The van der Waals surface area contributed by atoms with Crippen molar-refractivity contribution in [2.75, 3.05) is 33.7 Å². The lowest BCUT2D eigenvalue weighted by molar-refractivity contribution is 0.174. The number of nitrogens with one attached hydrogen (secondary N) is 1. The van der Waals surface area contributed by atoms with Gasteiger partial charge in [0.1, 0.15) is 0 Å². The molecule has 1 saturated heterocycles. The van der Waals surface area contributed by atoms with Gasteiger partial charge in [0.05, 0.1) is 0 Å². The van der Waals surface area contributed by atoms with Gasteiger partial charge in [0.2, 0.25) is 0 Å². The van der Waals surface area contributed by atoms with E-state index in [4.69, 9.17) is 0 Å². The third kappa shape index (κ3) is 5.39. The molecule has 0 aromatic carbocycles. The molecule has 2 amide bonds. The normalized spacial score (nSPS) is 21.2. The average molecular weight is 241 g/mol. The molecule has 0 aromatic rings. The van der Waals surface area contributed by atoms with Crippen molar-refractivity contribution < 1.29 is 4.79 Å². The van der Waals surface area contributed by atoms with Crippen LogP contribution in [0.25, 0.3) is 0 Å². The van der Waals surface area contributed by atoms with E-state index in [0.29, 0.717) is 6.04 Å². The van der Waals surface area contributed by atoms with E-state index < -0.39 is 0 Å². The minimum absolute atomic E-state index is 0.0328. The molecule has 4 nitrogen and oxygen atoms in total. The summed E-state index contributed by atoms with van der Waals surface area (Å²) in [5.74, 6) is 0. The van der Waals surface area contributed by atoms with Crippen LogP contribution in [-0.2, 0) is 0 Å². The van der Waals surface area contributed by atoms with Crippen LogP contribution in [0.4, 0.5) is 4.79 Å². The molecule has 4 heteroatoms. The van der Waals surface area contributed by atoms with E-state index in [-0.39, 0.29) is 6.03 Å². The second kappa shape index (κ2) is 7.54. The van der Waals surface area contributed by atoms with Crippen LogP contribution in [0.5, 0.6) is 0 Å². The van der Waals surface area contributed by atoms with Crippen LogP contribution in [0.3, 0.4) is 0 Å². The second-order valence-corrected chi connectivity index (χ2v) is 5.19. The molecule has 0 aromatic heterocycles. The quantitative estimate of drug-likeness (QED) is 0.746. The predicted molar refractivity (Wildman–Crippen MR) is 71.2 cm³/mol. The molecular formula is C13H27N3O. The highest BCUT2D eigenvalue weighted by Crippen LogP contribution is 2.11. The average Bonchev–Trinajstić information content (AvgIpc) is 2.30. The van der Waals surface area contributed by atoms with E-state index in [1.54, 1.807) is 19.0 Å². The van der Waals surface area contributed by atoms with Crippen LogP contribution in [0, 0.1) is 0 Å². The lowest BCUT2D eigenvalue weighted by Crippen LogP contribution is -2.50. The molecule has 100 valence electrons. The maximum Gasteiger partial charge on any atom is 0.317 e. The first-order valence-corrected chi connectivity index (χ1v) is 6.83. The van der Waals surface area contributed by atoms with Crippen molar-refractivity contribution in [1.29, 1.82) is 0 Å². The largest absolute Gasteiger partial charge is 0.334 e. The van der Waals surface area contributed by atoms with Crippen LogP contribution < -0.4 is 5.32 Å². The van der Waals surface area contributed by atoms with Crippen molar-refractivity contribution in [1.82, 2.24) is 15.1 Å². The van der Waals surface area contributed by atoms with E-state index in [0.717, 1.165) is 13.0 Å². The Hall–Kier alpha value is -0.770. The molecule has 1 atom stereocenters. The van der Waals surface area contributed by atoms with E-state index in [2.05, 4.69) is 17.1 Å². The maximum atomic E-state index is 11.6. The number of piperidine rings is 1. The highest BCUT2D eigenvalue weighted by molar-refractivity contribution is 5.73. The summed E-state index contributed by atoms with van der Waals surface area (Å²) in [5.41, 5.74) is 0. The van der Waals surface area contributed by atoms with Gasteiger partial charge in [-0.15, -0.1) is 0 Å². The molecule has 1 N–H and O–H groups in total. The van der Waals surface area contributed by atoms with Crippen LogP contribution in [0.1, 0.15) is 39.0 Å². The third-order valence-electron chi connectivity index (χ3n) is 3.32. The topological polar surface area (TPSA) is 35.6 Å². The number of hydrogen-bond donors (Lipinski definition) is 1. The monoisotopic (exact) mass is 241 g/mol. The smallest absolute Gasteiger partial charge is 0.317 e. The lowest BCUT2D eigenvalue weighted by Gasteiger charge is -2.33. The zero-order chi connectivity index (χ0) is 12.7. The summed E-state index contributed by atoms with van der Waals surface area (Å²) in [7, 11) is 3.58. The van der Waals surface area contributed by atoms with Gasteiger partial charge in [0, 0.05) is 26.7 Å². The molecule has 1 aliphatic heterocycles. The summed E-state index contributed by atoms with van der Waals surface area (Å²) in [6.45, 7) is 5.62. The minimum Gasteiger partial charge on any atom is -0.334 e. The van der Waals surface area contributed by atoms with Gasteiger partial charge in [-0.3, -0.25) is 0 Å². The first-order valence-electron chi connectivity index (χ1n) is 6.83. The summed E-state index contributed by atoms with van der Waals surface area (Å²) < 4.78 is 0. The van der Waals surface area contributed by atoms with Gasteiger partial charge in [-0.2, -0.15) is 0 Å². The number of unbranched alkanes of at least 4 members (excludes halogenated alkanes) is 2. The molecular weight excluding hydrogens is 214 g/mol. The highest BCUT2D eigenvalue weighted by Gasteiger charge is 2.21. The Bertz CT molecular complexity index is 231. The van der Waals surface area contributed by atoms with Crippen molar-refractivity contribution in [3.8, 4) is 0 Å². The molecule has 1 aliphatic rings. The van der Waals surface area contributed by atoms with E-state index in [1.165, 1.54) is 38.8 Å². The molecule has 0 unspecified atom stereocenters. The van der Waals surface area contributed by atoms with Gasteiger partial charge >= 0.3 is 6.03 Å². The third-order valence-corrected chi connectivity index (χ3v) is 3.32. The summed E-state index contributed by atoms with van der Waals surface area (Å²) in [6.07, 6.45) is 6.18. The fourth-order valence-corrected chi connectivity index (χ4v) is 2.27. The molecule has 0 spiro atoms. The predicted octanol–water partition coefficient (Wildman–Crippen LogP) is 1.91. The molecule has 1 fully saturated rings. The molecule has 0 saturated carbocycles. The van der Waals surface area contributed by atoms with Crippen molar-refractivity contribution in [2.24, 2.45) is 0 Å². The summed E-state index contributed by atoms with van der Waals surface area (Å²) in [6, 6.07) is 0.366. The van der Waals surface area contributed by atoms with Gasteiger partial charge in [-0.1, -0.05) is 19.8 Å². The SMILES string of the molecule is CCCCCN1CCC[C@@H](NC(=O)N(C)C)C1. The fourth-order valence-electron chi connectivity index (χ4n) is 2.27. The number of carbonyl (C=O) groups is 1. The van der Waals surface area contributed by atoms with E-state index >= 15 is 0 Å². The number of hydrogen-bond acceptors (Lipinski definition) is 2. The van der Waals surface area contributed by atoms with Crippen molar-refractivity contribution in [3.63, 3.8) is 0 Å². The Morgan fingerprint density at radius 1 is 1.41 bits per heavy atom. The first-order chi connectivity index (χ1) is 8.13. The Morgan fingerprint density at radius 2 is 2.18 bits per heavy atom. The van der Waals surface area contributed by atoms with Gasteiger partial charge in [-0.25, -0.2) is 4.79 Å². The molecule has 0 aliphatic carbocycles. The van der Waals surface area contributed by atoms with Gasteiger partial charge < -0.3 is 15.1 Å². The number of urea groups is 1. The number of carbonyl (C=O) groups excluding carboxylic acids is 1. The van der Waals surface area contributed by atoms with Crippen LogP contribution in [0.2, 0.25) is 0 Å². The van der Waals surface area contributed by atoms with Gasteiger partial charge in [0.15, 0.2) is 0 Å². The molecule has 0 bridgehead atoms. The van der Waals surface area contributed by atoms with Crippen LogP contribution >= 0.6 is 0 Å². The summed E-state index contributed by atoms with van der Waals surface area (Å²) in [5, 5.41) is 3.08. The van der Waals surface area contributed by atoms with E-state index in [9.17, 15) is 4.79 Å². The van der Waals surface area contributed by atoms with Gasteiger partial charge in [0.25, 0.3) is 0 Å². The zero-order valence-corrected chi connectivity index (χ0v) is 11.5. The first kappa shape index (κ1) is 14.3. The number of amides is 2. The Morgan fingerprint density at radius 3 is 2.82 bits per heavy atom. The molecule has 0 radical (unpaired) electrons. The summed E-state index contributed by atoms with van der Waals surface area (Å²) in [4.78, 5) is 15.7. The van der Waals surface area contributed by atoms with Gasteiger partial charge in [-0.05, 0) is 32.4 Å². The van der Waals surface area contributed by atoms with Crippen LogP contribution in [-0.4, -0.2) is 55.6 Å². The number of nitrogens with zero attached hydrogens (tertiary/aromatic N) is 2. The molecule has 1 rings (SSSR count). The van der Waals surface area contributed by atoms with Crippen molar-refractivity contribution >= 4 is 6.03 Å². The fraction of sp³-hybridized carbons (Fsp3) is 0.923.